The topological polar surface area (TPSA) is 56.8 Å². The molecule has 0 bridgehead atoms. The van der Waals surface area contributed by atoms with Crippen LogP contribution in [-0.2, 0) is 4.79 Å². The van der Waals surface area contributed by atoms with Crippen LogP contribution in [0.1, 0.15) is 23.2 Å². The largest absolute Gasteiger partial charge is 0.353 e. The van der Waals surface area contributed by atoms with Gasteiger partial charge in [-0.1, -0.05) is 17.7 Å². The van der Waals surface area contributed by atoms with Crippen LogP contribution in [0.5, 0.6) is 0 Å². The van der Waals surface area contributed by atoms with Crippen molar-refractivity contribution in [2.45, 2.75) is 12.8 Å². The summed E-state index contributed by atoms with van der Waals surface area (Å²) >= 11 is 6.14. The van der Waals surface area contributed by atoms with Crippen LogP contribution in [0.3, 0.4) is 0 Å². The summed E-state index contributed by atoms with van der Waals surface area (Å²) in [5, 5.41) is 0.529. The van der Waals surface area contributed by atoms with Crippen LogP contribution in [0.2, 0.25) is 5.02 Å². The first-order chi connectivity index (χ1) is 13.1. The number of pyridine rings is 1. The van der Waals surface area contributed by atoms with Gasteiger partial charge < -0.3 is 14.7 Å². The normalized spacial score (nSPS) is 17.5. The van der Waals surface area contributed by atoms with Crippen molar-refractivity contribution < 1.29 is 9.59 Å². The van der Waals surface area contributed by atoms with E-state index in [1.165, 1.54) is 0 Å². The maximum Gasteiger partial charge on any atom is 0.256 e. The van der Waals surface area contributed by atoms with Gasteiger partial charge in [0, 0.05) is 50.4 Å². The summed E-state index contributed by atoms with van der Waals surface area (Å²) in [6, 6.07) is 11.0. The van der Waals surface area contributed by atoms with E-state index < -0.39 is 0 Å². The second kappa shape index (κ2) is 7.56. The molecule has 6 nitrogen and oxygen atoms in total. The molecule has 27 heavy (non-hydrogen) atoms. The number of benzene rings is 1. The summed E-state index contributed by atoms with van der Waals surface area (Å²) < 4.78 is 0. The lowest BCUT2D eigenvalue weighted by molar-refractivity contribution is -0.117. The SMILES string of the molecule is O=C(c1ccc(Cl)cc1N1CCCC1=O)N1CCN(c2ccccn2)CC1. The van der Waals surface area contributed by atoms with Crippen LogP contribution < -0.4 is 9.80 Å². The molecule has 2 aliphatic rings. The van der Waals surface area contributed by atoms with Crippen molar-refractivity contribution >= 4 is 34.9 Å². The quantitative estimate of drug-likeness (QED) is 0.816. The summed E-state index contributed by atoms with van der Waals surface area (Å²) in [6.07, 6.45) is 3.10. The Morgan fingerprint density at radius 2 is 1.85 bits per heavy atom. The van der Waals surface area contributed by atoms with Gasteiger partial charge in [0.25, 0.3) is 5.91 Å². The second-order valence-corrected chi connectivity index (χ2v) is 7.21. The number of carbonyl (C=O) groups excluding carboxylic acids is 2. The van der Waals surface area contributed by atoms with E-state index in [1.54, 1.807) is 29.3 Å². The Hall–Kier alpha value is -2.60. The fourth-order valence-electron chi connectivity index (χ4n) is 3.66. The van der Waals surface area contributed by atoms with E-state index in [2.05, 4.69) is 9.88 Å². The van der Waals surface area contributed by atoms with Crippen molar-refractivity contribution in [3.8, 4) is 0 Å². The first-order valence-electron chi connectivity index (χ1n) is 9.18. The third-order valence-electron chi connectivity index (χ3n) is 5.09. The van der Waals surface area contributed by atoms with Crippen LogP contribution in [0.15, 0.2) is 42.6 Å². The van der Waals surface area contributed by atoms with Crippen molar-refractivity contribution in [1.82, 2.24) is 9.88 Å². The van der Waals surface area contributed by atoms with Gasteiger partial charge in [-0.15, -0.1) is 0 Å². The minimum Gasteiger partial charge on any atom is -0.353 e. The molecule has 1 aromatic carbocycles. The molecule has 2 aliphatic heterocycles. The number of hydrogen-bond acceptors (Lipinski definition) is 4. The zero-order chi connectivity index (χ0) is 18.8. The monoisotopic (exact) mass is 384 g/mol. The molecule has 140 valence electrons. The molecule has 4 rings (SSSR count). The molecule has 0 saturated carbocycles. The van der Waals surface area contributed by atoms with Gasteiger partial charge in [0.15, 0.2) is 0 Å². The van der Waals surface area contributed by atoms with Gasteiger partial charge >= 0.3 is 0 Å². The highest BCUT2D eigenvalue weighted by atomic mass is 35.5. The van der Waals surface area contributed by atoms with E-state index in [9.17, 15) is 9.59 Å². The van der Waals surface area contributed by atoms with Crippen LogP contribution in [0.4, 0.5) is 11.5 Å². The predicted molar refractivity (Wildman–Crippen MR) is 105 cm³/mol. The van der Waals surface area contributed by atoms with Crippen LogP contribution in [0, 0.1) is 0 Å². The highest BCUT2D eigenvalue weighted by Crippen LogP contribution is 2.30. The highest BCUT2D eigenvalue weighted by molar-refractivity contribution is 6.31. The van der Waals surface area contributed by atoms with Gasteiger partial charge in [-0.05, 0) is 36.8 Å². The molecule has 2 aromatic rings. The molecule has 7 heteroatoms. The molecule has 0 spiro atoms. The van der Waals surface area contributed by atoms with Crippen molar-refractivity contribution in [3.05, 3.63) is 53.2 Å². The zero-order valence-corrected chi connectivity index (χ0v) is 15.7. The average molecular weight is 385 g/mol. The first-order valence-corrected chi connectivity index (χ1v) is 9.56. The summed E-state index contributed by atoms with van der Waals surface area (Å²) in [6.45, 7) is 3.33. The number of anilines is 2. The van der Waals surface area contributed by atoms with Gasteiger partial charge in [-0.2, -0.15) is 0 Å². The van der Waals surface area contributed by atoms with Gasteiger partial charge in [0.2, 0.25) is 5.91 Å². The number of amides is 2. The summed E-state index contributed by atoms with van der Waals surface area (Å²) in [7, 11) is 0. The van der Waals surface area contributed by atoms with E-state index in [1.807, 2.05) is 23.1 Å². The highest BCUT2D eigenvalue weighted by Gasteiger charge is 2.29. The van der Waals surface area contributed by atoms with E-state index in [0.717, 1.165) is 25.3 Å². The lowest BCUT2D eigenvalue weighted by Crippen LogP contribution is -2.49. The van der Waals surface area contributed by atoms with Crippen molar-refractivity contribution in [2.75, 3.05) is 42.5 Å². The average Bonchev–Trinajstić information content (AvgIpc) is 3.14. The molecule has 0 radical (unpaired) electrons. The number of hydrogen-bond donors (Lipinski definition) is 0. The fraction of sp³-hybridized carbons (Fsp3) is 0.350. The summed E-state index contributed by atoms with van der Waals surface area (Å²) in [4.78, 5) is 35.4. The van der Waals surface area contributed by atoms with Gasteiger partial charge in [-0.25, -0.2) is 4.98 Å². The smallest absolute Gasteiger partial charge is 0.256 e. The molecule has 0 aliphatic carbocycles. The van der Waals surface area contributed by atoms with E-state index >= 15 is 0 Å². The molecule has 2 amide bonds. The Labute approximate surface area is 163 Å². The molecule has 0 N–H and O–H groups in total. The Balaban J connectivity index is 1.51. The molecule has 2 saturated heterocycles. The molecule has 0 unspecified atom stereocenters. The van der Waals surface area contributed by atoms with Crippen LogP contribution in [-0.4, -0.2) is 54.4 Å². The third-order valence-corrected chi connectivity index (χ3v) is 5.33. The Bertz CT molecular complexity index is 850. The fourth-order valence-corrected chi connectivity index (χ4v) is 3.83. The summed E-state index contributed by atoms with van der Waals surface area (Å²) in [5.74, 6) is 0.924. The van der Waals surface area contributed by atoms with Gasteiger partial charge in [0.05, 0.1) is 11.3 Å². The number of aromatic nitrogens is 1. The number of rotatable bonds is 3. The van der Waals surface area contributed by atoms with E-state index in [-0.39, 0.29) is 11.8 Å². The second-order valence-electron chi connectivity index (χ2n) is 6.78. The Morgan fingerprint density at radius 1 is 1.04 bits per heavy atom. The number of carbonyl (C=O) groups is 2. The summed E-state index contributed by atoms with van der Waals surface area (Å²) in [5.41, 5.74) is 1.17. The lowest BCUT2D eigenvalue weighted by Gasteiger charge is -2.36. The minimum absolute atomic E-state index is 0.0475. The van der Waals surface area contributed by atoms with Crippen molar-refractivity contribution in [1.29, 1.82) is 0 Å². The van der Waals surface area contributed by atoms with Crippen molar-refractivity contribution in [2.24, 2.45) is 0 Å². The van der Waals surface area contributed by atoms with Gasteiger partial charge in [-0.3, -0.25) is 9.59 Å². The maximum absolute atomic E-state index is 13.1. The third kappa shape index (κ3) is 3.62. The van der Waals surface area contributed by atoms with E-state index in [4.69, 9.17) is 11.6 Å². The minimum atomic E-state index is -0.0537. The van der Waals surface area contributed by atoms with Crippen LogP contribution >= 0.6 is 11.6 Å². The number of nitrogens with zero attached hydrogens (tertiary/aromatic N) is 4. The molecular formula is C20H21ClN4O2. The molecule has 0 atom stereocenters. The molecule has 3 heterocycles. The number of piperazine rings is 1. The Kier molecular flexibility index (Phi) is 4.99. The number of halogens is 1. The van der Waals surface area contributed by atoms with E-state index in [0.29, 0.717) is 42.3 Å². The standard InChI is InChI=1S/C20H21ClN4O2/c21-15-6-7-16(17(14-15)25-9-3-5-19(25)26)20(27)24-12-10-23(11-13-24)18-4-1-2-8-22-18/h1-2,4,6-8,14H,3,5,9-13H2. The Morgan fingerprint density at radius 3 is 2.52 bits per heavy atom. The predicted octanol–water partition coefficient (Wildman–Crippen LogP) is 2.82. The van der Waals surface area contributed by atoms with Gasteiger partial charge in [0.1, 0.15) is 5.82 Å². The van der Waals surface area contributed by atoms with Crippen LogP contribution in [0.25, 0.3) is 0 Å². The zero-order valence-electron chi connectivity index (χ0n) is 15.0. The lowest BCUT2D eigenvalue weighted by atomic mass is 10.1. The first kappa shape index (κ1) is 17.8. The molecule has 2 fully saturated rings. The maximum atomic E-state index is 13.1. The molecule has 1 aromatic heterocycles. The molecular weight excluding hydrogens is 364 g/mol. The van der Waals surface area contributed by atoms with Crippen molar-refractivity contribution in [3.63, 3.8) is 0 Å².